The average molecular weight is 269 g/mol. The van der Waals surface area contributed by atoms with E-state index in [9.17, 15) is 4.79 Å². The Morgan fingerprint density at radius 2 is 2.00 bits per heavy atom. The van der Waals surface area contributed by atoms with Crippen LogP contribution in [0, 0.1) is 6.92 Å². The highest BCUT2D eigenvalue weighted by Gasteiger charge is 2.17. The summed E-state index contributed by atoms with van der Waals surface area (Å²) < 4.78 is 0. The van der Waals surface area contributed by atoms with Gasteiger partial charge in [0, 0.05) is 6.20 Å². The smallest absolute Gasteiger partial charge is 0.227 e. The number of aryl methyl sites for hydroxylation is 1. The number of hydrogen-bond acceptors (Lipinski definition) is 3. The van der Waals surface area contributed by atoms with Gasteiger partial charge < -0.3 is 5.32 Å². The third kappa shape index (κ3) is 3.63. The zero-order valence-electron chi connectivity index (χ0n) is 11.8. The van der Waals surface area contributed by atoms with E-state index < -0.39 is 0 Å². The molecule has 0 spiro atoms. The molecule has 0 radical (unpaired) electrons. The Labute approximate surface area is 119 Å². The van der Waals surface area contributed by atoms with Crippen molar-refractivity contribution in [3.8, 4) is 0 Å². The fraction of sp³-hybridized carbons (Fsp3) is 0.312. The number of carbonyl (C=O) groups is 1. The van der Waals surface area contributed by atoms with Gasteiger partial charge in [-0.2, -0.15) is 0 Å². The maximum atomic E-state index is 12.3. The van der Waals surface area contributed by atoms with Crippen LogP contribution in [0.2, 0.25) is 0 Å². The molecular formula is C16H19N3O. The van der Waals surface area contributed by atoms with Gasteiger partial charge in [-0.15, -0.1) is 0 Å². The number of rotatable bonds is 5. The van der Waals surface area contributed by atoms with Crippen molar-refractivity contribution in [2.24, 2.45) is 0 Å². The number of benzene rings is 1. The Bertz CT molecular complexity index is 569. The molecule has 0 aliphatic carbocycles. The number of aromatic nitrogens is 2. The lowest BCUT2D eigenvalue weighted by molar-refractivity contribution is -0.122. The van der Waals surface area contributed by atoms with E-state index in [-0.39, 0.29) is 11.8 Å². The molecule has 0 bridgehead atoms. The summed E-state index contributed by atoms with van der Waals surface area (Å²) in [6, 6.07) is 11.7. The van der Waals surface area contributed by atoms with Crippen LogP contribution in [0.25, 0.3) is 0 Å². The molecule has 4 heteroatoms. The molecule has 1 N–H and O–H groups in total. The van der Waals surface area contributed by atoms with E-state index in [1.165, 1.54) is 0 Å². The molecule has 0 fully saturated rings. The third-order valence-electron chi connectivity index (χ3n) is 3.20. The van der Waals surface area contributed by atoms with E-state index in [0.29, 0.717) is 12.4 Å². The first-order valence-corrected chi connectivity index (χ1v) is 6.82. The van der Waals surface area contributed by atoms with Gasteiger partial charge in [0.25, 0.3) is 0 Å². The fourth-order valence-electron chi connectivity index (χ4n) is 2.16. The van der Waals surface area contributed by atoms with Crippen LogP contribution in [0.3, 0.4) is 0 Å². The minimum Gasteiger partial charge on any atom is -0.350 e. The quantitative estimate of drug-likeness (QED) is 0.907. The number of hydrogen-bond donors (Lipinski definition) is 1. The number of nitrogens with one attached hydrogen (secondary N) is 1. The van der Waals surface area contributed by atoms with E-state index in [2.05, 4.69) is 15.3 Å². The van der Waals surface area contributed by atoms with Crippen LogP contribution in [-0.2, 0) is 11.3 Å². The molecule has 0 unspecified atom stereocenters. The molecule has 0 saturated heterocycles. The molecule has 2 aromatic rings. The first-order chi connectivity index (χ1) is 9.70. The molecule has 0 saturated carbocycles. The van der Waals surface area contributed by atoms with Gasteiger partial charge in [0.2, 0.25) is 5.91 Å². The second-order valence-corrected chi connectivity index (χ2v) is 4.68. The monoisotopic (exact) mass is 269 g/mol. The summed E-state index contributed by atoms with van der Waals surface area (Å²) in [4.78, 5) is 20.6. The van der Waals surface area contributed by atoms with Crippen LogP contribution in [0.4, 0.5) is 0 Å². The van der Waals surface area contributed by atoms with Crippen molar-refractivity contribution < 1.29 is 4.79 Å². The molecular weight excluding hydrogens is 250 g/mol. The summed E-state index contributed by atoms with van der Waals surface area (Å²) in [6.45, 7) is 4.29. The Morgan fingerprint density at radius 3 is 2.65 bits per heavy atom. The van der Waals surface area contributed by atoms with E-state index in [1.54, 1.807) is 6.20 Å². The second kappa shape index (κ2) is 6.80. The zero-order chi connectivity index (χ0) is 14.4. The van der Waals surface area contributed by atoms with Crippen molar-refractivity contribution in [2.45, 2.75) is 32.7 Å². The molecule has 0 aliphatic heterocycles. The van der Waals surface area contributed by atoms with Crippen LogP contribution in [0.5, 0.6) is 0 Å². The Kier molecular flexibility index (Phi) is 4.82. The molecule has 4 nitrogen and oxygen atoms in total. The molecule has 0 aliphatic rings. The van der Waals surface area contributed by atoms with Crippen molar-refractivity contribution in [3.05, 3.63) is 59.7 Å². The highest BCUT2D eigenvalue weighted by atomic mass is 16.1. The lowest BCUT2D eigenvalue weighted by Gasteiger charge is -2.15. The molecule has 1 heterocycles. The van der Waals surface area contributed by atoms with Gasteiger partial charge in [-0.05, 0) is 25.0 Å². The molecule has 104 valence electrons. The van der Waals surface area contributed by atoms with Crippen molar-refractivity contribution >= 4 is 5.91 Å². The van der Waals surface area contributed by atoms with Gasteiger partial charge >= 0.3 is 0 Å². The first-order valence-electron chi connectivity index (χ1n) is 6.82. The van der Waals surface area contributed by atoms with Crippen LogP contribution in [-0.4, -0.2) is 15.9 Å². The molecule has 1 aromatic carbocycles. The normalized spacial score (nSPS) is 11.9. The topological polar surface area (TPSA) is 54.9 Å². The predicted octanol–water partition coefficient (Wildman–Crippen LogP) is 2.60. The fourth-order valence-corrected chi connectivity index (χ4v) is 2.16. The summed E-state index contributed by atoms with van der Waals surface area (Å²) >= 11 is 0. The van der Waals surface area contributed by atoms with Crippen molar-refractivity contribution in [1.29, 1.82) is 0 Å². The summed E-state index contributed by atoms with van der Waals surface area (Å²) in [5, 5.41) is 2.95. The molecule has 2 rings (SSSR count). The highest BCUT2D eigenvalue weighted by molar-refractivity contribution is 5.83. The molecule has 1 amide bonds. The van der Waals surface area contributed by atoms with Gasteiger partial charge in [-0.1, -0.05) is 37.3 Å². The summed E-state index contributed by atoms with van der Waals surface area (Å²) in [7, 11) is 0. The molecule has 20 heavy (non-hydrogen) atoms. The van der Waals surface area contributed by atoms with E-state index in [1.807, 2.05) is 50.2 Å². The zero-order valence-corrected chi connectivity index (χ0v) is 11.8. The van der Waals surface area contributed by atoms with Crippen LogP contribution in [0.1, 0.15) is 36.3 Å². The van der Waals surface area contributed by atoms with Crippen molar-refractivity contribution in [1.82, 2.24) is 15.3 Å². The van der Waals surface area contributed by atoms with E-state index in [0.717, 1.165) is 17.7 Å². The SMILES string of the molecule is CC[C@@H](C(=O)NCc1ccnc(C)n1)c1ccccc1. The van der Waals surface area contributed by atoms with E-state index in [4.69, 9.17) is 0 Å². The maximum Gasteiger partial charge on any atom is 0.227 e. The summed E-state index contributed by atoms with van der Waals surface area (Å²) in [6.07, 6.45) is 2.48. The summed E-state index contributed by atoms with van der Waals surface area (Å²) in [5.41, 5.74) is 1.88. The average Bonchev–Trinajstić information content (AvgIpc) is 2.47. The molecule has 1 atom stereocenters. The van der Waals surface area contributed by atoms with Crippen LogP contribution in [0.15, 0.2) is 42.6 Å². The highest BCUT2D eigenvalue weighted by Crippen LogP contribution is 2.19. The number of amides is 1. The first kappa shape index (κ1) is 14.2. The van der Waals surface area contributed by atoms with Gasteiger partial charge in [0.15, 0.2) is 0 Å². The predicted molar refractivity (Wildman–Crippen MR) is 78.1 cm³/mol. The van der Waals surface area contributed by atoms with Crippen LogP contribution >= 0.6 is 0 Å². The Hall–Kier alpha value is -2.23. The van der Waals surface area contributed by atoms with Gasteiger partial charge in [0.1, 0.15) is 5.82 Å². The minimum atomic E-state index is -0.112. The molecule has 1 aromatic heterocycles. The Balaban J connectivity index is 2.00. The third-order valence-corrected chi connectivity index (χ3v) is 3.20. The van der Waals surface area contributed by atoms with E-state index >= 15 is 0 Å². The van der Waals surface area contributed by atoms with Crippen molar-refractivity contribution in [2.75, 3.05) is 0 Å². The van der Waals surface area contributed by atoms with Crippen molar-refractivity contribution in [3.63, 3.8) is 0 Å². The van der Waals surface area contributed by atoms with Gasteiger partial charge in [-0.25, -0.2) is 9.97 Å². The largest absolute Gasteiger partial charge is 0.350 e. The lowest BCUT2D eigenvalue weighted by Crippen LogP contribution is -2.29. The lowest BCUT2D eigenvalue weighted by atomic mass is 9.96. The number of carbonyl (C=O) groups excluding carboxylic acids is 1. The second-order valence-electron chi connectivity index (χ2n) is 4.68. The Morgan fingerprint density at radius 1 is 1.25 bits per heavy atom. The summed E-state index contributed by atoms with van der Waals surface area (Å²) in [5.74, 6) is 0.640. The van der Waals surface area contributed by atoms with Gasteiger partial charge in [-0.3, -0.25) is 4.79 Å². The van der Waals surface area contributed by atoms with Crippen LogP contribution < -0.4 is 5.32 Å². The maximum absolute atomic E-state index is 12.3. The standard InChI is InChI=1S/C16H19N3O/c1-3-15(13-7-5-4-6-8-13)16(20)18-11-14-9-10-17-12(2)19-14/h4-10,15H,3,11H2,1-2H3,(H,18,20)/t15-/m1/s1. The number of nitrogens with zero attached hydrogens (tertiary/aromatic N) is 2. The minimum absolute atomic E-state index is 0.0370. The van der Waals surface area contributed by atoms with Gasteiger partial charge in [0.05, 0.1) is 18.2 Å².